The first-order valence-corrected chi connectivity index (χ1v) is 11.6. The van der Waals surface area contributed by atoms with Crippen LogP contribution in [-0.2, 0) is 17.9 Å². The summed E-state index contributed by atoms with van der Waals surface area (Å²) in [5.41, 5.74) is 1.05. The second kappa shape index (κ2) is 9.93. The Morgan fingerprint density at radius 1 is 0.941 bits per heavy atom. The third kappa shape index (κ3) is 4.55. The Morgan fingerprint density at radius 3 is 2.26 bits per heavy atom. The number of benzene rings is 2. The quantitative estimate of drug-likeness (QED) is 0.599. The molecule has 0 unspecified atom stereocenters. The van der Waals surface area contributed by atoms with E-state index in [9.17, 15) is 9.59 Å². The Balaban J connectivity index is 1.40. The third-order valence-corrected chi connectivity index (χ3v) is 7.08. The summed E-state index contributed by atoms with van der Waals surface area (Å²) >= 11 is 0. The van der Waals surface area contributed by atoms with Crippen LogP contribution in [0.1, 0.15) is 30.9 Å². The molecule has 1 atom stereocenters. The van der Waals surface area contributed by atoms with Crippen molar-refractivity contribution in [3.8, 4) is 17.2 Å². The zero-order valence-corrected chi connectivity index (χ0v) is 20.3. The number of amides is 3. The van der Waals surface area contributed by atoms with Crippen LogP contribution in [0.4, 0.5) is 4.79 Å². The average molecular weight is 468 g/mol. The molecular weight excluding hydrogens is 434 g/mol. The van der Waals surface area contributed by atoms with E-state index >= 15 is 0 Å². The number of carbonyl (C=O) groups is 2. The monoisotopic (exact) mass is 467 g/mol. The van der Waals surface area contributed by atoms with Gasteiger partial charge in [-0.05, 0) is 62.5 Å². The summed E-state index contributed by atoms with van der Waals surface area (Å²) in [7, 11) is 4.78. The number of urea groups is 1. The number of nitrogens with zero attached hydrogens (tertiary/aromatic N) is 2. The van der Waals surface area contributed by atoms with E-state index in [2.05, 4.69) is 22.3 Å². The number of likely N-dealkylation sites (tertiary alicyclic amines) is 1. The lowest BCUT2D eigenvalue weighted by Crippen LogP contribution is -2.53. The highest BCUT2D eigenvalue weighted by atomic mass is 16.5. The summed E-state index contributed by atoms with van der Waals surface area (Å²) in [6, 6.07) is 13.2. The Labute approximate surface area is 200 Å². The first-order valence-electron chi connectivity index (χ1n) is 11.6. The highest BCUT2D eigenvalue weighted by Gasteiger charge is 2.52. The topological polar surface area (TPSA) is 80.3 Å². The van der Waals surface area contributed by atoms with Crippen LogP contribution >= 0.6 is 0 Å². The summed E-state index contributed by atoms with van der Waals surface area (Å²) in [6.07, 6.45) is 1.68. The van der Waals surface area contributed by atoms with Crippen LogP contribution in [0, 0.1) is 5.92 Å². The van der Waals surface area contributed by atoms with Crippen LogP contribution in [0.5, 0.6) is 17.2 Å². The smallest absolute Gasteiger partial charge is 0.325 e. The lowest BCUT2D eigenvalue weighted by molar-refractivity contribution is -0.133. The van der Waals surface area contributed by atoms with E-state index in [0.717, 1.165) is 43.8 Å². The molecule has 1 N–H and O–H groups in total. The van der Waals surface area contributed by atoms with Crippen LogP contribution in [-0.4, -0.2) is 61.7 Å². The van der Waals surface area contributed by atoms with Crippen LogP contribution in [0.25, 0.3) is 0 Å². The third-order valence-electron chi connectivity index (χ3n) is 7.08. The first-order chi connectivity index (χ1) is 16.4. The van der Waals surface area contributed by atoms with Crippen molar-refractivity contribution < 1.29 is 23.8 Å². The number of hydrogen-bond donors (Lipinski definition) is 1. The van der Waals surface area contributed by atoms with Crippen LogP contribution in [0.3, 0.4) is 0 Å². The summed E-state index contributed by atoms with van der Waals surface area (Å²) in [5, 5.41) is 3.00. The average Bonchev–Trinajstić information content (AvgIpc) is 3.08. The molecule has 34 heavy (non-hydrogen) atoms. The van der Waals surface area contributed by atoms with Crippen LogP contribution in [0.15, 0.2) is 42.5 Å². The van der Waals surface area contributed by atoms with Gasteiger partial charge in [0.2, 0.25) is 0 Å². The number of ether oxygens (including phenoxy) is 3. The number of rotatable bonds is 8. The van der Waals surface area contributed by atoms with Gasteiger partial charge in [-0.15, -0.1) is 0 Å². The highest BCUT2D eigenvalue weighted by molar-refractivity contribution is 6.07. The molecule has 3 amide bonds. The largest absolute Gasteiger partial charge is 0.497 e. The van der Waals surface area contributed by atoms with E-state index in [1.165, 1.54) is 10.5 Å². The molecule has 2 aliphatic heterocycles. The van der Waals surface area contributed by atoms with Crippen molar-refractivity contribution in [2.45, 2.75) is 38.4 Å². The number of para-hydroxylation sites is 1. The summed E-state index contributed by atoms with van der Waals surface area (Å²) < 4.78 is 16.1. The fourth-order valence-corrected chi connectivity index (χ4v) is 5.04. The second-order valence-corrected chi connectivity index (χ2v) is 9.07. The Bertz CT molecular complexity index is 1030. The number of piperidine rings is 1. The van der Waals surface area contributed by atoms with Crippen molar-refractivity contribution in [3.63, 3.8) is 0 Å². The molecule has 2 aliphatic rings. The van der Waals surface area contributed by atoms with Gasteiger partial charge in [-0.3, -0.25) is 14.6 Å². The molecule has 0 saturated carbocycles. The molecule has 2 aromatic rings. The van der Waals surface area contributed by atoms with Crippen LogP contribution in [0.2, 0.25) is 0 Å². The molecule has 2 saturated heterocycles. The molecule has 0 bridgehead atoms. The zero-order valence-electron chi connectivity index (χ0n) is 20.3. The van der Waals surface area contributed by atoms with Crippen molar-refractivity contribution in [3.05, 3.63) is 53.6 Å². The lowest BCUT2D eigenvalue weighted by atomic mass is 9.79. The van der Waals surface area contributed by atoms with Gasteiger partial charge in [0.25, 0.3) is 5.91 Å². The number of nitrogens with one attached hydrogen (secondary N) is 1. The van der Waals surface area contributed by atoms with E-state index in [-0.39, 0.29) is 24.4 Å². The van der Waals surface area contributed by atoms with E-state index in [4.69, 9.17) is 14.2 Å². The zero-order chi connectivity index (χ0) is 24.3. The van der Waals surface area contributed by atoms with Gasteiger partial charge >= 0.3 is 6.03 Å². The molecule has 0 aliphatic carbocycles. The predicted octanol–water partition coefficient (Wildman–Crippen LogP) is 3.44. The van der Waals surface area contributed by atoms with Gasteiger partial charge in [-0.25, -0.2) is 4.79 Å². The van der Waals surface area contributed by atoms with E-state index in [1.54, 1.807) is 27.4 Å². The summed E-state index contributed by atoms with van der Waals surface area (Å²) in [4.78, 5) is 30.0. The highest BCUT2D eigenvalue weighted by Crippen LogP contribution is 2.36. The van der Waals surface area contributed by atoms with E-state index in [1.807, 2.05) is 31.2 Å². The molecule has 8 nitrogen and oxygen atoms in total. The molecule has 2 heterocycles. The SMILES string of the molecule is COc1ccc(CN2CCC([C@@]3(C)NC(=O)N(Cc4cccc(OC)c4OC)C3=O)CC2)cc1. The van der Waals surface area contributed by atoms with Crippen molar-refractivity contribution in [1.29, 1.82) is 0 Å². The standard InChI is InChI=1S/C26H33N3O5/c1-26(20-12-14-28(15-13-20)16-18-8-10-21(32-2)11-9-18)24(30)29(25(31)27-26)17-19-6-5-7-22(33-3)23(19)34-4/h5-11,20H,12-17H2,1-4H3,(H,27,31)/t26-/m1/s1. The van der Waals surface area contributed by atoms with Gasteiger partial charge in [0.05, 0.1) is 27.9 Å². The maximum atomic E-state index is 13.5. The number of carbonyl (C=O) groups excluding carboxylic acids is 2. The molecule has 8 heteroatoms. The maximum Gasteiger partial charge on any atom is 0.325 e. The minimum absolute atomic E-state index is 0.0771. The van der Waals surface area contributed by atoms with Gasteiger partial charge in [0.1, 0.15) is 11.3 Å². The molecule has 2 aromatic carbocycles. The molecule has 2 fully saturated rings. The molecule has 0 spiro atoms. The van der Waals surface area contributed by atoms with Crippen LogP contribution < -0.4 is 19.5 Å². The summed E-state index contributed by atoms with van der Waals surface area (Å²) in [5.74, 6) is 1.84. The first kappa shape index (κ1) is 23.9. The fourth-order valence-electron chi connectivity index (χ4n) is 5.04. The number of methoxy groups -OCH3 is 3. The Kier molecular flexibility index (Phi) is 6.97. The predicted molar refractivity (Wildman–Crippen MR) is 128 cm³/mol. The lowest BCUT2D eigenvalue weighted by Gasteiger charge is -2.39. The fraction of sp³-hybridized carbons (Fsp3) is 0.462. The van der Waals surface area contributed by atoms with Gasteiger partial charge in [0.15, 0.2) is 11.5 Å². The molecule has 0 aromatic heterocycles. The van der Waals surface area contributed by atoms with E-state index in [0.29, 0.717) is 11.5 Å². The number of hydrogen-bond acceptors (Lipinski definition) is 6. The summed E-state index contributed by atoms with van der Waals surface area (Å²) in [6.45, 7) is 4.60. The number of imide groups is 1. The van der Waals surface area contributed by atoms with Crippen molar-refractivity contribution in [1.82, 2.24) is 15.1 Å². The van der Waals surface area contributed by atoms with Crippen molar-refractivity contribution >= 4 is 11.9 Å². The van der Waals surface area contributed by atoms with E-state index < -0.39 is 5.54 Å². The Hall–Kier alpha value is -3.26. The normalized spacial score (nSPS) is 21.5. The van der Waals surface area contributed by atoms with Crippen molar-refractivity contribution in [2.24, 2.45) is 5.92 Å². The Morgan fingerprint density at radius 2 is 1.65 bits per heavy atom. The minimum Gasteiger partial charge on any atom is -0.497 e. The molecular formula is C26H33N3O5. The van der Waals surface area contributed by atoms with Gasteiger partial charge in [-0.2, -0.15) is 0 Å². The van der Waals surface area contributed by atoms with Gasteiger partial charge in [0, 0.05) is 12.1 Å². The molecule has 0 radical (unpaired) electrons. The molecule has 4 rings (SSSR count). The minimum atomic E-state index is -0.907. The van der Waals surface area contributed by atoms with Crippen molar-refractivity contribution in [2.75, 3.05) is 34.4 Å². The van der Waals surface area contributed by atoms with Gasteiger partial charge in [-0.1, -0.05) is 24.3 Å². The molecule has 182 valence electrons. The second-order valence-electron chi connectivity index (χ2n) is 9.07. The van der Waals surface area contributed by atoms with Gasteiger partial charge < -0.3 is 19.5 Å². The maximum absolute atomic E-state index is 13.5.